The molecule has 1 N–H and O–H groups in total. The third kappa shape index (κ3) is 4.45. The van der Waals surface area contributed by atoms with Crippen molar-refractivity contribution in [1.29, 1.82) is 0 Å². The van der Waals surface area contributed by atoms with Gasteiger partial charge >= 0.3 is 0 Å². The molecule has 1 saturated heterocycles. The largest absolute Gasteiger partial charge is 0.495 e. The molecule has 2 aromatic rings. The maximum atomic E-state index is 13.1. The second kappa shape index (κ2) is 8.38. The van der Waals surface area contributed by atoms with Gasteiger partial charge in [-0.2, -0.15) is 0 Å². The van der Waals surface area contributed by atoms with Crippen LogP contribution in [0.4, 0.5) is 15.8 Å². The lowest BCUT2D eigenvalue weighted by atomic mass is 10.2. The molecule has 0 aromatic heterocycles. The molecule has 0 radical (unpaired) electrons. The number of para-hydroxylation sites is 2. The smallest absolute Gasteiger partial charge is 0.238 e. The van der Waals surface area contributed by atoms with E-state index in [1.165, 1.54) is 18.2 Å². The van der Waals surface area contributed by atoms with Crippen molar-refractivity contribution in [3.63, 3.8) is 0 Å². The number of benzene rings is 2. The molecule has 0 bridgehead atoms. The van der Waals surface area contributed by atoms with Crippen molar-refractivity contribution in [3.8, 4) is 5.75 Å². The van der Waals surface area contributed by atoms with Gasteiger partial charge in [0, 0.05) is 26.2 Å². The van der Waals surface area contributed by atoms with Gasteiger partial charge in [0.25, 0.3) is 0 Å². The van der Waals surface area contributed by atoms with Crippen LogP contribution in [-0.2, 0) is 4.79 Å². The fraction of sp³-hybridized carbons (Fsp3) is 0.316. The first-order chi connectivity index (χ1) is 12.6. The molecule has 26 heavy (non-hydrogen) atoms. The van der Waals surface area contributed by atoms with E-state index in [9.17, 15) is 9.18 Å². The molecule has 0 saturated carbocycles. The highest BCUT2D eigenvalue weighted by atomic mass is 35.5. The third-order valence-electron chi connectivity index (χ3n) is 4.37. The minimum absolute atomic E-state index is 0.163. The van der Waals surface area contributed by atoms with Gasteiger partial charge in [0.2, 0.25) is 5.91 Å². The number of ether oxygens (including phenoxy) is 1. The van der Waals surface area contributed by atoms with Crippen LogP contribution in [-0.4, -0.2) is 50.6 Å². The molecule has 1 heterocycles. The number of carbonyl (C=O) groups excluding carboxylic acids is 1. The maximum Gasteiger partial charge on any atom is 0.238 e. The number of nitrogens with one attached hydrogen (secondary N) is 1. The lowest BCUT2D eigenvalue weighted by molar-refractivity contribution is -0.117. The number of halogens is 2. The first-order valence-corrected chi connectivity index (χ1v) is 8.80. The molecule has 7 heteroatoms. The van der Waals surface area contributed by atoms with Crippen LogP contribution in [0.25, 0.3) is 0 Å². The zero-order chi connectivity index (χ0) is 18.5. The van der Waals surface area contributed by atoms with Gasteiger partial charge in [0.05, 0.1) is 30.1 Å². The molecule has 138 valence electrons. The summed E-state index contributed by atoms with van der Waals surface area (Å²) in [6.45, 7) is 3.43. The van der Waals surface area contributed by atoms with Gasteiger partial charge in [-0.3, -0.25) is 9.69 Å². The van der Waals surface area contributed by atoms with Gasteiger partial charge in [0.15, 0.2) is 0 Å². The highest BCUT2D eigenvalue weighted by molar-refractivity contribution is 6.33. The van der Waals surface area contributed by atoms with Crippen LogP contribution in [0.15, 0.2) is 42.5 Å². The lowest BCUT2D eigenvalue weighted by Crippen LogP contribution is -2.48. The zero-order valence-corrected chi connectivity index (χ0v) is 15.3. The van der Waals surface area contributed by atoms with Gasteiger partial charge in [-0.05, 0) is 30.3 Å². The average Bonchev–Trinajstić information content (AvgIpc) is 2.64. The Morgan fingerprint density at radius 2 is 1.92 bits per heavy atom. The van der Waals surface area contributed by atoms with Crippen LogP contribution in [0.5, 0.6) is 5.75 Å². The molecule has 1 amide bonds. The fourth-order valence-electron chi connectivity index (χ4n) is 3.02. The topological polar surface area (TPSA) is 44.8 Å². The summed E-state index contributed by atoms with van der Waals surface area (Å²) in [7, 11) is 1.67. The standard InChI is InChI=1S/C19H21ClFN3O2/c1-26-18-5-3-2-4-17(18)24-10-8-23(9-11-24)13-19(25)22-16-7-6-14(21)12-15(16)20/h2-7,12H,8-11,13H2,1H3,(H,22,25). The highest BCUT2D eigenvalue weighted by Crippen LogP contribution is 2.28. The van der Waals surface area contributed by atoms with E-state index in [1.54, 1.807) is 7.11 Å². The number of hydrogen-bond acceptors (Lipinski definition) is 4. The molecule has 0 spiro atoms. The predicted octanol–water partition coefficient (Wildman–Crippen LogP) is 3.25. The summed E-state index contributed by atoms with van der Waals surface area (Å²) in [5.41, 5.74) is 1.49. The van der Waals surface area contributed by atoms with Crippen molar-refractivity contribution in [2.45, 2.75) is 0 Å². The van der Waals surface area contributed by atoms with Crippen molar-refractivity contribution in [2.75, 3.05) is 50.1 Å². The third-order valence-corrected chi connectivity index (χ3v) is 4.68. The van der Waals surface area contributed by atoms with E-state index in [-0.39, 0.29) is 17.5 Å². The first-order valence-electron chi connectivity index (χ1n) is 8.42. The molecule has 1 fully saturated rings. The van der Waals surface area contributed by atoms with Crippen LogP contribution < -0.4 is 15.0 Å². The van der Waals surface area contributed by atoms with Crippen molar-refractivity contribution >= 4 is 28.9 Å². The van der Waals surface area contributed by atoms with Gasteiger partial charge in [-0.15, -0.1) is 0 Å². The number of anilines is 2. The normalized spacial score (nSPS) is 15.0. The molecule has 1 aliphatic rings. The number of piperazine rings is 1. The first kappa shape index (κ1) is 18.5. The fourth-order valence-corrected chi connectivity index (χ4v) is 3.24. The van der Waals surface area contributed by atoms with Gasteiger partial charge in [-0.1, -0.05) is 23.7 Å². The predicted molar refractivity (Wildman–Crippen MR) is 102 cm³/mol. The minimum Gasteiger partial charge on any atom is -0.495 e. The summed E-state index contributed by atoms with van der Waals surface area (Å²) in [6, 6.07) is 11.8. The Labute approximate surface area is 157 Å². The Morgan fingerprint density at radius 3 is 2.62 bits per heavy atom. The lowest BCUT2D eigenvalue weighted by Gasteiger charge is -2.36. The van der Waals surface area contributed by atoms with E-state index in [4.69, 9.17) is 16.3 Å². The van der Waals surface area contributed by atoms with Crippen molar-refractivity contribution in [1.82, 2.24) is 4.90 Å². The molecule has 0 aliphatic carbocycles. The summed E-state index contributed by atoms with van der Waals surface area (Å²) in [5.74, 6) is 0.259. The molecule has 1 aliphatic heterocycles. The zero-order valence-electron chi connectivity index (χ0n) is 14.5. The van der Waals surface area contributed by atoms with Crippen LogP contribution in [0.3, 0.4) is 0 Å². The quantitative estimate of drug-likeness (QED) is 0.868. The Kier molecular flexibility index (Phi) is 5.96. The van der Waals surface area contributed by atoms with Gasteiger partial charge in [-0.25, -0.2) is 4.39 Å². The van der Waals surface area contributed by atoms with Crippen LogP contribution in [0.2, 0.25) is 5.02 Å². The number of carbonyl (C=O) groups is 1. The van der Waals surface area contributed by atoms with Crippen LogP contribution in [0.1, 0.15) is 0 Å². The second-order valence-electron chi connectivity index (χ2n) is 6.11. The molecule has 2 aromatic carbocycles. The Hall–Kier alpha value is -2.31. The van der Waals surface area contributed by atoms with E-state index in [1.807, 2.05) is 24.3 Å². The average molecular weight is 378 g/mol. The Bertz CT molecular complexity index is 779. The number of hydrogen-bond donors (Lipinski definition) is 1. The maximum absolute atomic E-state index is 13.1. The van der Waals surface area contributed by atoms with E-state index in [2.05, 4.69) is 15.1 Å². The summed E-state index contributed by atoms with van der Waals surface area (Å²) in [6.07, 6.45) is 0. The molecular formula is C19H21ClFN3O2. The van der Waals surface area contributed by atoms with Gasteiger partial charge in [0.1, 0.15) is 11.6 Å². The van der Waals surface area contributed by atoms with Gasteiger partial charge < -0.3 is 15.0 Å². The molecule has 3 rings (SSSR count). The monoisotopic (exact) mass is 377 g/mol. The summed E-state index contributed by atoms with van der Waals surface area (Å²) < 4.78 is 18.5. The second-order valence-corrected chi connectivity index (χ2v) is 6.51. The highest BCUT2D eigenvalue weighted by Gasteiger charge is 2.21. The van der Waals surface area contributed by atoms with E-state index in [0.717, 1.165) is 37.6 Å². The summed E-state index contributed by atoms with van der Waals surface area (Å²) >= 11 is 5.95. The van der Waals surface area contributed by atoms with Crippen LogP contribution >= 0.6 is 11.6 Å². The van der Waals surface area contributed by atoms with E-state index < -0.39 is 5.82 Å². The van der Waals surface area contributed by atoms with E-state index in [0.29, 0.717) is 5.69 Å². The summed E-state index contributed by atoms with van der Waals surface area (Å²) in [5, 5.41) is 2.93. The molecular weight excluding hydrogens is 357 g/mol. The van der Waals surface area contributed by atoms with Crippen molar-refractivity contribution < 1.29 is 13.9 Å². The van der Waals surface area contributed by atoms with E-state index >= 15 is 0 Å². The molecule has 0 atom stereocenters. The number of methoxy groups -OCH3 is 1. The Balaban J connectivity index is 1.53. The number of amides is 1. The summed E-state index contributed by atoms with van der Waals surface area (Å²) in [4.78, 5) is 16.6. The number of nitrogens with zero attached hydrogens (tertiary/aromatic N) is 2. The minimum atomic E-state index is -0.430. The van der Waals surface area contributed by atoms with Crippen molar-refractivity contribution in [2.24, 2.45) is 0 Å². The van der Waals surface area contributed by atoms with Crippen LogP contribution in [0, 0.1) is 5.82 Å². The molecule has 5 nitrogen and oxygen atoms in total. The molecule has 0 unspecified atom stereocenters. The van der Waals surface area contributed by atoms with Crippen molar-refractivity contribution in [3.05, 3.63) is 53.3 Å². The Morgan fingerprint density at radius 1 is 1.19 bits per heavy atom. The number of rotatable bonds is 5. The SMILES string of the molecule is COc1ccccc1N1CCN(CC(=O)Nc2ccc(F)cc2Cl)CC1.